The van der Waals surface area contributed by atoms with Crippen molar-refractivity contribution in [2.45, 2.75) is 19.5 Å². The van der Waals surface area contributed by atoms with Crippen LogP contribution in [0.3, 0.4) is 0 Å². The number of carbonyl (C=O) groups is 2. The van der Waals surface area contributed by atoms with Gasteiger partial charge < -0.3 is 14.7 Å². The number of aliphatic hydroxyl groups excluding tert-OH is 1. The highest BCUT2D eigenvalue weighted by Crippen LogP contribution is 2.40. The van der Waals surface area contributed by atoms with Gasteiger partial charge in [0.2, 0.25) is 0 Å². The van der Waals surface area contributed by atoms with Gasteiger partial charge in [-0.1, -0.05) is 42.5 Å². The van der Waals surface area contributed by atoms with Crippen LogP contribution in [-0.4, -0.2) is 33.3 Å². The Hall–Kier alpha value is -4.19. The third-order valence-electron chi connectivity index (χ3n) is 5.53. The number of Topliss-reactive ketones (excluding diaryl/α,β-unsaturated/α-hetero) is 1. The summed E-state index contributed by atoms with van der Waals surface area (Å²) in [6.45, 7) is 6.16. The van der Waals surface area contributed by atoms with E-state index >= 15 is 0 Å². The molecule has 1 N–H and O–H groups in total. The molecule has 6 nitrogen and oxygen atoms in total. The summed E-state index contributed by atoms with van der Waals surface area (Å²) in [6, 6.07) is 17.2. The molecule has 1 atom stereocenters. The third kappa shape index (κ3) is 4.55. The number of hydrogen-bond acceptors (Lipinski definition) is 5. The number of ketones is 1. The first kappa shape index (κ1) is 22.0. The molecule has 166 valence electrons. The number of amides is 1. The van der Waals surface area contributed by atoms with Gasteiger partial charge in [0.1, 0.15) is 18.1 Å². The van der Waals surface area contributed by atoms with Gasteiger partial charge in [0.15, 0.2) is 0 Å². The van der Waals surface area contributed by atoms with E-state index in [-0.39, 0.29) is 17.9 Å². The standard InChI is InChI=1S/C27H24N2O4/c1-3-16-33-22-10-8-21(9-11-22)25(30)23-24(20-6-4-18(2)5-7-20)29(27(32)26(23)31)17-19-12-14-28-15-13-19/h3-15,24,30H,1,16-17H2,2H3. The average Bonchev–Trinajstić information content (AvgIpc) is 3.08. The fraction of sp³-hybridized carbons (Fsp3) is 0.148. The number of aliphatic hydroxyl groups is 1. The van der Waals surface area contributed by atoms with Crippen LogP contribution >= 0.6 is 0 Å². The summed E-state index contributed by atoms with van der Waals surface area (Å²) in [4.78, 5) is 31.7. The lowest BCUT2D eigenvalue weighted by molar-refractivity contribution is -0.140. The summed E-state index contributed by atoms with van der Waals surface area (Å²) >= 11 is 0. The van der Waals surface area contributed by atoms with Crippen molar-refractivity contribution in [3.63, 3.8) is 0 Å². The number of nitrogens with zero attached hydrogens (tertiary/aromatic N) is 2. The Kier molecular flexibility index (Phi) is 6.36. The molecule has 1 aliphatic heterocycles. The van der Waals surface area contributed by atoms with Crippen molar-refractivity contribution in [3.8, 4) is 5.75 Å². The van der Waals surface area contributed by atoms with E-state index in [1.54, 1.807) is 54.9 Å². The zero-order valence-electron chi connectivity index (χ0n) is 18.3. The van der Waals surface area contributed by atoms with Crippen molar-refractivity contribution in [2.75, 3.05) is 6.61 Å². The first-order chi connectivity index (χ1) is 16.0. The van der Waals surface area contributed by atoms with E-state index in [4.69, 9.17) is 4.74 Å². The van der Waals surface area contributed by atoms with E-state index in [2.05, 4.69) is 11.6 Å². The van der Waals surface area contributed by atoms with Crippen molar-refractivity contribution in [2.24, 2.45) is 0 Å². The summed E-state index contributed by atoms with van der Waals surface area (Å²) in [6.07, 6.45) is 4.92. The summed E-state index contributed by atoms with van der Waals surface area (Å²) in [5.74, 6) is -0.963. The number of likely N-dealkylation sites (tertiary alicyclic amines) is 1. The molecule has 1 saturated heterocycles. The lowest BCUT2D eigenvalue weighted by Gasteiger charge is -2.25. The molecule has 3 aromatic rings. The van der Waals surface area contributed by atoms with Crippen LogP contribution in [0.2, 0.25) is 0 Å². The fourth-order valence-electron chi connectivity index (χ4n) is 3.84. The number of ether oxygens (including phenoxy) is 1. The predicted molar refractivity (Wildman–Crippen MR) is 125 cm³/mol. The molecule has 2 aromatic carbocycles. The zero-order chi connectivity index (χ0) is 23.4. The minimum absolute atomic E-state index is 0.0673. The van der Waals surface area contributed by atoms with Gasteiger partial charge in [-0.25, -0.2) is 0 Å². The van der Waals surface area contributed by atoms with Crippen LogP contribution in [0.4, 0.5) is 0 Å². The quantitative estimate of drug-likeness (QED) is 0.252. The molecule has 1 fully saturated rings. The van der Waals surface area contributed by atoms with Gasteiger partial charge in [-0.3, -0.25) is 14.6 Å². The van der Waals surface area contributed by atoms with E-state index in [0.717, 1.165) is 16.7 Å². The van der Waals surface area contributed by atoms with Crippen molar-refractivity contribution in [1.82, 2.24) is 9.88 Å². The second-order valence-corrected chi connectivity index (χ2v) is 7.82. The Morgan fingerprint density at radius 1 is 1.06 bits per heavy atom. The fourth-order valence-corrected chi connectivity index (χ4v) is 3.84. The summed E-state index contributed by atoms with van der Waals surface area (Å²) in [5.41, 5.74) is 3.15. The molecule has 0 bridgehead atoms. The van der Waals surface area contributed by atoms with Crippen LogP contribution in [0.1, 0.15) is 28.3 Å². The highest BCUT2D eigenvalue weighted by molar-refractivity contribution is 6.46. The molecule has 0 saturated carbocycles. The van der Waals surface area contributed by atoms with E-state index in [1.165, 1.54) is 4.90 Å². The molecular weight excluding hydrogens is 416 g/mol. The van der Waals surface area contributed by atoms with Crippen LogP contribution in [-0.2, 0) is 16.1 Å². The van der Waals surface area contributed by atoms with Gasteiger partial charge in [0.05, 0.1) is 11.6 Å². The van der Waals surface area contributed by atoms with Gasteiger partial charge in [0.25, 0.3) is 11.7 Å². The van der Waals surface area contributed by atoms with Crippen LogP contribution in [0.15, 0.2) is 91.3 Å². The molecule has 6 heteroatoms. The Morgan fingerprint density at radius 2 is 1.73 bits per heavy atom. The number of carbonyl (C=O) groups excluding carboxylic acids is 2. The van der Waals surface area contributed by atoms with Crippen LogP contribution < -0.4 is 4.74 Å². The molecule has 1 aromatic heterocycles. The van der Waals surface area contributed by atoms with Crippen molar-refractivity contribution in [3.05, 3.63) is 114 Å². The molecule has 1 amide bonds. The van der Waals surface area contributed by atoms with E-state index < -0.39 is 17.7 Å². The maximum absolute atomic E-state index is 13.1. The van der Waals surface area contributed by atoms with E-state index in [0.29, 0.717) is 17.9 Å². The Morgan fingerprint density at radius 3 is 2.36 bits per heavy atom. The van der Waals surface area contributed by atoms with E-state index in [1.807, 2.05) is 31.2 Å². The summed E-state index contributed by atoms with van der Waals surface area (Å²) in [7, 11) is 0. The number of aromatic nitrogens is 1. The van der Waals surface area contributed by atoms with E-state index in [9.17, 15) is 14.7 Å². The molecule has 0 radical (unpaired) electrons. The smallest absolute Gasteiger partial charge is 0.295 e. The van der Waals surface area contributed by atoms with Gasteiger partial charge in [-0.15, -0.1) is 0 Å². The SMILES string of the molecule is C=CCOc1ccc(C(O)=C2C(=O)C(=O)N(Cc3ccncc3)C2c2ccc(C)cc2)cc1. The van der Waals surface area contributed by atoms with Crippen LogP contribution in [0, 0.1) is 6.92 Å². The highest BCUT2D eigenvalue weighted by atomic mass is 16.5. The number of hydrogen-bond donors (Lipinski definition) is 1. The molecule has 4 rings (SSSR count). The van der Waals surface area contributed by atoms with Gasteiger partial charge in [-0.2, -0.15) is 0 Å². The maximum Gasteiger partial charge on any atom is 0.295 e. The van der Waals surface area contributed by atoms with Crippen molar-refractivity contribution < 1.29 is 19.4 Å². The van der Waals surface area contributed by atoms with Gasteiger partial charge in [-0.05, 0) is 54.4 Å². The maximum atomic E-state index is 13.1. The largest absolute Gasteiger partial charge is 0.507 e. The van der Waals surface area contributed by atoms with Gasteiger partial charge >= 0.3 is 0 Å². The Bertz CT molecular complexity index is 1200. The monoisotopic (exact) mass is 440 g/mol. The molecule has 1 aliphatic rings. The summed E-state index contributed by atoms with van der Waals surface area (Å²) in [5, 5.41) is 11.2. The lowest BCUT2D eigenvalue weighted by Crippen LogP contribution is -2.29. The topological polar surface area (TPSA) is 79.7 Å². The second kappa shape index (κ2) is 9.53. The second-order valence-electron chi connectivity index (χ2n) is 7.82. The molecule has 0 spiro atoms. The van der Waals surface area contributed by atoms with Crippen molar-refractivity contribution in [1.29, 1.82) is 0 Å². The van der Waals surface area contributed by atoms with Crippen LogP contribution in [0.5, 0.6) is 5.75 Å². The molecule has 0 aliphatic carbocycles. The third-order valence-corrected chi connectivity index (χ3v) is 5.53. The minimum atomic E-state index is -0.713. The Balaban J connectivity index is 1.78. The number of benzene rings is 2. The lowest BCUT2D eigenvalue weighted by atomic mass is 9.94. The first-order valence-electron chi connectivity index (χ1n) is 10.6. The molecule has 1 unspecified atom stereocenters. The predicted octanol–water partition coefficient (Wildman–Crippen LogP) is 4.58. The van der Waals surface area contributed by atoms with Crippen molar-refractivity contribution >= 4 is 17.4 Å². The Labute approximate surface area is 192 Å². The summed E-state index contributed by atoms with van der Waals surface area (Å²) < 4.78 is 5.49. The average molecular weight is 440 g/mol. The molecule has 2 heterocycles. The number of pyridine rings is 1. The highest BCUT2D eigenvalue weighted by Gasteiger charge is 2.46. The zero-order valence-corrected chi connectivity index (χ0v) is 18.3. The van der Waals surface area contributed by atoms with Gasteiger partial charge in [0, 0.05) is 24.5 Å². The first-order valence-corrected chi connectivity index (χ1v) is 10.6. The number of rotatable bonds is 7. The normalized spacial score (nSPS) is 17.2. The van der Waals surface area contributed by atoms with Crippen LogP contribution in [0.25, 0.3) is 5.76 Å². The molecular formula is C27H24N2O4. The molecule has 33 heavy (non-hydrogen) atoms. The minimum Gasteiger partial charge on any atom is -0.507 e. The number of aryl methyl sites for hydroxylation is 1.